The number of allylic oxidation sites excluding steroid dienone is 1. The predicted octanol–water partition coefficient (Wildman–Crippen LogP) is 1.33. The third-order valence-corrected chi connectivity index (χ3v) is 1.39. The first-order valence-electron chi connectivity index (χ1n) is 3.45. The third kappa shape index (κ3) is 3.01. The highest BCUT2D eigenvalue weighted by Gasteiger charge is 1.94. The molecule has 0 aliphatic heterocycles. The summed E-state index contributed by atoms with van der Waals surface area (Å²) < 4.78 is 0. The molecule has 0 aliphatic carbocycles. The molecule has 0 heterocycles. The second-order valence-corrected chi connectivity index (χ2v) is 2.16. The molecular weight excluding hydrogens is 112 g/mol. The lowest BCUT2D eigenvalue weighted by Gasteiger charge is -2.02. The molecule has 2 nitrogen and oxygen atoms in total. The smallest absolute Gasteiger partial charge is 0.0925 e. The molecule has 0 rings (SSSR count). The van der Waals surface area contributed by atoms with E-state index in [0.29, 0.717) is 5.82 Å². The van der Waals surface area contributed by atoms with Gasteiger partial charge < -0.3 is 11.5 Å². The minimum atomic E-state index is 0.513. The maximum absolute atomic E-state index is 5.39. The van der Waals surface area contributed by atoms with E-state index < -0.39 is 0 Å². The van der Waals surface area contributed by atoms with Gasteiger partial charge in [-0.3, -0.25) is 0 Å². The fraction of sp³-hybridized carbons (Fsp3) is 0.714. The summed E-state index contributed by atoms with van der Waals surface area (Å²) in [6.07, 6.45) is 3.15. The number of hydrogen-bond acceptors (Lipinski definition) is 2. The summed E-state index contributed by atoms with van der Waals surface area (Å²) in [7, 11) is 0. The Bertz CT molecular complexity index is 101. The molecule has 0 aromatic heterocycles. The van der Waals surface area contributed by atoms with Crippen LogP contribution in [-0.2, 0) is 0 Å². The van der Waals surface area contributed by atoms with Gasteiger partial charge in [0.05, 0.1) is 5.82 Å². The standard InChI is InChI=1S/C7H16N2/c1-3-5-6(4-2)7(8)9/h3-5,8-9H2,1-2H3. The number of rotatable bonds is 3. The van der Waals surface area contributed by atoms with E-state index in [4.69, 9.17) is 11.5 Å². The Morgan fingerprint density at radius 1 is 1.22 bits per heavy atom. The molecule has 0 bridgehead atoms. The van der Waals surface area contributed by atoms with Crippen molar-refractivity contribution in [3.05, 3.63) is 11.4 Å². The molecule has 0 amide bonds. The van der Waals surface area contributed by atoms with Gasteiger partial charge in [-0.15, -0.1) is 0 Å². The molecule has 0 aliphatic rings. The number of hydrogen-bond donors (Lipinski definition) is 2. The van der Waals surface area contributed by atoms with Crippen molar-refractivity contribution in [1.29, 1.82) is 0 Å². The molecular formula is C7H16N2. The summed E-state index contributed by atoms with van der Waals surface area (Å²) in [6, 6.07) is 0. The van der Waals surface area contributed by atoms with Gasteiger partial charge in [0.1, 0.15) is 0 Å². The summed E-state index contributed by atoms with van der Waals surface area (Å²) in [6.45, 7) is 4.20. The summed E-state index contributed by atoms with van der Waals surface area (Å²) in [5.74, 6) is 0.513. The van der Waals surface area contributed by atoms with Crippen LogP contribution in [0.5, 0.6) is 0 Å². The molecule has 4 N–H and O–H groups in total. The van der Waals surface area contributed by atoms with Crippen molar-refractivity contribution in [3.63, 3.8) is 0 Å². The Balaban J connectivity index is 3.83. The highest BCUT2D eigenvalue weighted by molar-refractivity contribution is 5.06. The van der Waals surface area contributed by atoms with Gasteiger partial charge in [-0.25, -0.2) is 0 Å². The lowest BCUT2D eigenvalue weighted by atomic mass is 10.1. The van der Waals surface area contributed by atoms with Crippen molar-refractivity contribution in [2.24, 2.45) is 11.5 Å². The zero-order valence-corrected chi connectivity index (χ0v) is 6.28. The summed E-state index contributed by atoms with van der Waals surface area (Å²) in [5.41, 5.74) is 12.0. The van der Waals surface area contributed by atoms with Gasteiger partial charge in [-0.2, -0.15) is 0 Å². The van der Waals surface area contributed by atoms with Gasteiger partial charge in [0.15, 0.2) is 0 Å². The Morgan fingerprint density at radius 2 is 1.78 bits per heavy atom. The minimum Gasteiger partial charge on any atom is -0.386 e. The lowest BCUT2D eigenvalue weighted by molar-refractivity contribution is 0.834. The first kappa shape index (κ1) is 8.34. The van der Waals surface area contributed by atoms with Gasteiger partial charge in [-0.1, -0.05) is 20.3 Å². The van der Waals surface area contributed by atoms with Crippen molar-refractivity contribution in [2.45, 2.75) is 33.1 Å². The Hall–Kier alpha value is -0.660. The SMILES string of the molecule is CCCC(CC)=C(N)N. The highest BCUT2D eigenvalue weighted by Crippen LogP contribution is 2.08. The van der Waals surface area contributed by atoms with Crippen LogP contribution in [0.15, 0.2) is 11.4 Å². The summed E-state index contributed by atoms with van der Waals surface area (Å²) >= 11 is 0. The Kier molecular flexibility index (Phi) is 3.93. The zero-order valence-electron chi connectivity index (χ0n) is 6.28. The van der Waals surface area contributed by atoms with E-state index in [2.05, 4.69) is 13.8 Å². The molecule has 2 heteroatoms. The van der Waals surface area contributed by atoms with Crippen LogP contribution in [-0.4, -0.2) is 0 Å². The molecule has 0 atom stereocenters. The Labute approximate surface area is 56.9 Å². The van der Waals surface area contributed by atoms with Gasteiger partial charge in [0.25, 0.3) is 0 Å². The van der Waals surface area contributed by atoms with E-state index >= 15 is 0 Å². The largest absolute Gasteiger partial charge is 0.386 e. The quantitative estimate of drug-likeness (QED) is 0.602. The Morgan fingerprint density at radius 3 is 1.89 bits per heavy atom. The molecule has 0 saturated heterocycles. The first-order valence-corrected chi connectivity index (χ1v) is 3.45. The van der Waals surface area contributed by atoms with E-state index in [9.17, 15) is 0 Å². The monoisotopic (exact) mass is 128 g/mol. The van der Waals surface area contributed by atoms with Crippen LogP contribution in [0.1, 0.15) is 33.1 Å². The van der Waals surface area contributed by atoms with Crippen molar-refractivity contribution in [2.75, 3.05) is 0 Å². The van der Waals surface area contributed by atoms with Crippen molar-refractivity contribution in [1.82, 2.24) is 0 Å². The zero-order chi connectivity index (χ0) is 7.28. The predicted molar refractivity (Wildman–Crippen MR) is 40.6 cm³/mol. The lowest BCUT2D eigenvalue weighted by Crippen LogP contribution is -2.11. The second kappa shape index (κ2) is 4.24. The van der Waals surface area contributed by atoms with E-state index in [1.807, 2.05) is 0 Å². The van der Waals surface area contributed by atoms with E-state index in [-0.39, 0.29) is 0 Å². The molecule has 0 saturated carbocycles. The molecule has 9 heavy (non-hydrogen) atoms. The molecule has 54 valence electrons. The van der Waals surface area contributed by atoms with Crippen molar-refractivity contribution >= 4 is 0 Å². The van der Waals surface area contributed by atoms with Crippen LogP contribution < -0.4 is 11.5 Å². The summed E-state index contributed by atoms with van der Waals surface area (Å²) in [5, 5.41) is 0. The van der Waals surface area contributed by atoms with Crippen LogP contribution >= 0.6 is 0 Å². The average Bonchev–Trinajstić information content (AvgIpc) is 1.82. The van der Waals surface area contributed by atoms with Gasteiger partial charge in [0, 0.05) is 0 Å². The molecule has 0 unspecified atom stereocenters. The van der Waals surface area contributed by atoms with Crippen LogP contribution in [0.2, 0.25) is 0 Å². The number of nitrogens with two attached hydrogens (primary N) is 2. The minimum absolute atomic E-state index is 0.513. The van der Waals surface area contributed by atoms with Crippen LogP contribution in [0.4, 0.5) is 0 Å². The third-order valence-electron chi connectivity index (χ3n) is 1.39. The average molecular weight is 128 g/mol. The van der Waals surface area contributed by atoms with Crippen molar-refractivity contribution in [3.8, 4) is 0 Å². The highest BCUT2D eigenvalue weighted by atomic mass is 14.8. The van der Waals surface area contributed by atoms with Crippen LogP contribution in [0, 0.1) is 0 Å². The molecule has 0 aromatic rings. The van der Waals surface area contributed by atoms with Crippen LogP contribution in [0.25, 0.3) is 0 Å². The second-order valence-electron chi connectivity index (χ2n) is 2.16. The van der Waals surface area contributed by atoms with Gasteiger partial charge >= 0.3 is 0 Å². The molecule has 0 radical (unpaired) electrons. The first-order chi connectivity index (χ1) is 4.22. The molecule has 0 aromatic carbocycles. The molecule has 0 spiro atoms. The fourth-order valence-electron chi connectivity index (χ4n) is 0.827. The van der Waals surface area contributed by atoms with Gasteiger partial charge in [0.2, 0.25) is 0 Å². The molecule has 0 fully saturated rings. The fourth-order valence-corrected chi connectivity index (χ4v) is 0.827. The normalized spacial score (nSPS) is 9.11. The van der Waals surface area contributed by atoms with Crippen molar-refractivity contribution < 1.29 is 0 Å². The summed E-state index contributed by atoms with van der Waals surface area (Å²) in [4.78, 5) is 0. The van der Waals surface area contributed by atoms with E-state index in [1.165, 1.54) is 5.57 Å². The maximum Gasteiger partial charge on any atom is 0.0925 e. The topological polar surface area (TPSA) is 52.0 Å². The van der Waals surface area contributed by atoms with Gasteiger partial charge in [-0.05, 0) is 18.4 Å². The maximum atomic E-state index is 5.39. The van der Waals surface area contributed by atoms with E-state index in [1.54, 1.807) is 0 Å². The van der Waals surface area contributed by atoms with Crippen LogP contribution in [0.3, 0.4) is 0 Å². The van der Waals surface area contributed by atoms with E-state index in [0.717, 1.165) is 19.3 Å².